The van der Waals surface area contributed by atoms with Crippen molar-refractivity contribution in [1.29, 1.82) is 0 Å². The van der Waals surface area contributed by atoms with Gasteiger partial charge in [-0.15, -0.1) is 10.2 Å². The van der Waals surface area contributed by atoms with Crippen LogP contribution in [-0.2, 0) is 18.4 Å². The molecule has 0 atom stereocenters. The van der Waals surface area contributed by atoms with Gasteiger partial charge in [-0.3, -0.25) is 10.2 Å². The van der Waals surface area contributed by atoms with E-state index in [1.807, 2.05) is 42.8 Å². The quantitative estimate of drug-likeness (QED) is 0.316. The van der Waals surface area contributed by atoms with Gasteiger partial charge in [-0.05, 0) is 18.6 Å². The zero-order valence-corrected chi connectivity index (χ0v) is 12.8. The number of benzene rings is 1. The topological polar surface area (TPSA) is 97.9 Å². The molecular weight excluding hydrogens is 288 g/mol. The highest BCUT2D eigenvalue weighted by molar-refractivity contribution is 7.99. The van der Waals surface area contributed by atoms with E-state index < -0.39 is 0 Å². The molecule has 2 rings (SSSR count). The molecule has 1 aromatic heterocycles. The van der Waals surface area contributed by atoms with Crippen molar-refractivity contribution in [1.82, 2.24) is 20.2 Å². The van der Waals surface area contributed by atoms with E-state index in [9.17, 15) is 4.79 Å². The van der Waals surface area contributed by atoms with Crippen LogP contribution in [0.25, 0.3) is 0 Å². The van der Waals surface area contributed by atoms with Gasteiger partial charge < -0.3 is 9.88 Å². The normalized spacial score (nSPS) is 10.4. The molecular formula is C13H18N6OS. The number of nitrogens with two attached hydrogens (primary N) is 1. The van der Waals surface area contributed by atoms with Gasteiger partial charge in [0.1, 0.15) is 0 Å². The summed E-state index contributed by atoms with van der Waals surface area (Å²) < 4.78 is 1.86. The second-order valence-corrected chi connectivity index (χ2v) is 5.42. The molecule has 1 amide bonds. The third-order valence-corrected chi connectivity index (χ3v) is 4.02. The minimum Gasteiger partial charge on any atom is -0.378 e. The number of anilines is 1. The number of carbonyl (C=O) groups excluding carboxylic acids is 1. The van der Waals surface area contributed by atoms with E-state index in [1.165, 1.54) is 17.3 Å². The fourth-order valence-electron chi connectivity index (χ4n) is 1.74. The summed E-state index contributed by atoms with van der Waals surface area (Å²) in [5.74, 6) is 5.81. The number of nitrogens with zero attached hydrogens (tertiary/aromatic N) is 3. The first-order valence-electron chi connectivity index (χ1n) is 6.42. The lowest BCUT2D eigenvalue weighted by Crippen LogP contribution is -2.31. The zero-order valence-electron chi connectivity index (χ0n) is 12.0. The Morgan fingerprint density at radius 2 is 2.14 bits per heavy atom. The first kappa shape index (κ1) is 15.3. The van der Waals surface area contributed by atoms with Crippen molar-refractivity contribution in [2.75, 3.05) is 11.1 Å². The number of carbonyl (C=O) groups is 1. The number of nitrogens with one attached hydrogen (secondary N) is 2. The van der Waals surface area contributed by atoms with Gasteiger partial charge in [0.05, 0.1) is 12.3 Å². The Kier molecular flexibility index (Phi) is 5.18. The molecule has 1 heterocycles. The van der Waals surface area contributed by atoms with Crippen LogP contribution in [0.5, 0.6) is 0 Å². The Labute approximate surface area is 127 Å². The standard InChI is InChI=1S/C13H18N6OS/c1-9-5-3-4-6-10(9)15-7-11-17-18-13(19(11)2)21-8-12(20)16-14/h3-6,15H,7-8,14H2,1-2H3,(H,16,20). The average Bonchev–Trinajstić information content (AvgIpc) is 2.84. The number of aromatic nitrogens is 3. The van der Waals surface area contributed by atoms with Crippen LogP contribution in [0.15, 0.2) is 29.4 Å². The van der Waals surface area contributed by atoms with Gasteiger partial charge in [0.15, 0.2) is 11.0 Å². The van der Waals surface area contributed by atoms with Crippen molar-refractivity contribution in [3.8, 4) is 0 Å². The summed E-state index contributed by atoms with van der Waals surface area (Å²) in [5, 5.41) is 12.2. The number of hydrogen-bond donors (Lipinski definition) is 3. The fourth-order valence-corrected chi connectivity index (χ4v) is 2.48. The minimum atomic E-state index is -0.248. The maximum absolute atomic E-state index is 11.1. The largest absolute Gasteiger partial charge is 0.378 e. The second-order valence-electron chi connectivity index (χ2n) is 4.48. The third kappa shape index (κ3) is 3.96. The van der Waals surface area contributed by atoms with Crippen molar-refractivity contribution >= 4 is 23.4 Å². The van der Waals surface area contributed by atoms with Crippen LogP contribution >= 0.6 is 11.8 Å². The molecule has 0 aliphatic carbocycles. The lowest BCUT2D eigenvalue weighted by atomic mass is 10.2. The van der Waals surface area contributed by atoms with Gasteiger partial charge in [0.25, 0.3) is 0 Å². The number of aryl methyl sites for hydroxylation is 1. The van der Waals surface area contributed by atoms with E-state index in [4.69, 9.17) is 5.84 Å². The average molecular weight is 306 g/mol. The molecule has 0 unspecified atom stereocenters. The number of para-hydroxylation sites is 1. The Morgan fingerprint density at radius 3 is 2.86 bits per heavy atom. The summed E-state index contributed by atoms with van der Waals surface area (Å²) in [6, 6.07) is 8.05. The van der Waals surface area contributed by atoms with Crippen LogP contribution in [0.1, 0.15) is 11.4 Å². The molecule has 0 saturated carbocycles. The molecule has 4 N–H and O–H groups in total. The van der Waals surface area contributed by atoms with Gasteiger partial charge in [-0.25, -0.2) is 5.84 Å². The van der Waals surface area contributed by atoms with E-state index in [0.717, 1.165) is 11.5 Å². The lowest BCUT2D eigenvalue weighted by Gasteiger charge is -2.09. The molecule has 1 aromatic carbocycles. The Morgan fingerprint density at radius 1 is 1.38 bits per heavy atom. The molecule has 0 bridgehead atoms. The van der Waals surface area contributed by atoms with Gasteiger partial charge in [-0.2, -0.15) is 0 Å². The predicted octanol–water partition coefficient (Wildman–Crippen LogP) is 0.818. The van der Waals surface area contributed by atoms with E-state index in [2.05, 4.69) is 20.9 Å². The first-order valence-corrected chi connectivity index (χ1v) is 7.40. The number of hydrogen-bond acceptors (Lipinski definition) is 6. The van der Waals surface area contributed by atoms with Gasteiger partial charge in [-0.1, -0.05) is 30.0 Å². The van der Waals surface area contributed by atoms with Crippen LogP contribution in [-0.4, -0.2) is 26.4 Å². The number of thioether (sulfide) groups is 1. The van der Waals surface area contributed by atoms with Crippen molar-refractivity contribution in [2.45, 2.75) is 18.6 Å². The second kappa shape index (κ2) is 7.09. The van der Waals surface area contributed by atoms with E-state index in [1.54, 1.807) is 0 Å². The molecule has 0 radical (unpaired) electrons. The molecule has 7 nitrogen and oxygen atoms in total. The number of amides is 1. The van der Waals surface area contributed by atoms with Gasteiger partial charge >= 0.3 is 0 Å². The molecule has 21 heavy (non-hydrogen) atoms. The van der Waals surface area contributed by atoms with Crippen LogP contribution < -0.4 is 16.6 Å². The maximum atomic E-state index is 11.1. The van der Waals surface area contributed by atoms with Crippen LogP contribution in [0.3, 0.4) is 0 Å². The summed E-state index contributed by atoms with van der Waals surface area (Å²) in [4.78, 5) is 11.1. The van der Waals surface area contributed by atoms with Crippen LogP contribution in [0.4, 0.5) is 5.69 Å². The maximum Gasteiger partial charge on any atom is 0.244 e. The highest BCUT2D eigenvalue weighted by Crippen LogP contribution is 2.17. The highest BCUT2D eigenvalue weighted by Gasteiger charge is 2.11. The highest BCUT2D eigenvalue weighted by atomic mass is 32.2. The number of rotatable bonds is 6. The van der Waals surface area contributed by atoms with Crippen LogP contribution in [0.2, 0.25) is 0 Å². The summed E-state index contributed by atoms with van der Waals surface area (Å²) in [7, 11) is 1.87. The Hall–Kier alpha value is -2.06. The zero-order chi connectivity index (χ0) is 15.2. The lowest BCUT2D eigenvalue weighted by molar-refractivity contribution is -0.118. The van der Waals surface area contributed by atoms with Crippen molar-refractivity contribution in [2.24, 2.45) is 12.9 Å². The number of hydrazine groups is 1. The van der Waals surface area contributed by atoms with Gasteiger partial charge in [0, 0.05) is 12.7 Å². The third-order valence-electron chi connectivity index (χ3n) is 3.00. The monoisotopic (exact) mass is 306 g/mol. The summed E-state index contributed by atoms with van der Waals surface area (Å²) in [5.41, 5.74) is 4.33. The molecule has 0 spiro atoms. The van der Waals surface area contributed by atoms with Crippen molar-refractivity contribution in [3.05, 3.63) is 35.7 Å². The van der Waals surface area contributed by atoms with Crippen LogP contribution in [0, 0.1) is 6.92 Å². The summed E-state index contributed by atoms with van der Waals surface area (Å²) in [6.45, 7) is 2.61. The molecule has 0 fully saturated rings. The summed E-state index contributed by atoms with van der Waals surface area (Å²) >= 11 is 1.29. The Balaban J connectivity index is 1.97. The molecule has 0 saturated heterocycles. The van der Waals surface area contributed by atoms with Gasteiger partial charge in [0.2, 0.25) is 5.91 Å². The Bertz CT molecular complexity index is 627. The minimum absolute atomic E-state index is 0.216. The molecule has 0 aliphatic heterocycles. The predicted molar refractivity (Wildman–Crippen MR) is 82.6 cm³/mol. The molecule has 2 aromatic rings. The SMILES string of the molecule is Cc1ccccc1NCc1nnc(SCC(=O)NN)n1C. The summed E-state index contributed by atoms with van der Waals surface area (Å²) in [6.07, 6.45) is 0. The molecule has 0 aliphatic rings. The molecule has 8 heteroatoms. The first-order chi connectivity index (χ1) is 10.1. The molecule has 112 valence electrons. The van der Waals surface area contributed by atoms with E-state index >= 15 is 0 Å². The van der Waals surface area contributed by atoms with Crippen molar-refractivity contribution in [3.63, 3.8) is 0 Å². The smallest absolute Gasteiger partial charge is 0.244 e. The van der Waals surface area contributed by atoms with E-state index in [-0.39, 0.29) is 11.7 Å². The van der Waals surface area contributed by atoms with Crippen molar-refractivity contribution < 1.29 is 4.79 Å². The fraction of sp³-hybridized carbons (Fsp3) is 0.308. The van der Waals surface area contributed by atoms with E-state index in [0.29, 0.717) is 11.7 Å².